The zero-order valence-electron chi connectivity index (χ0n) is 20.0. The lowest BCUT2D eigenvalue weighted by atomic mass is 10.0. The highest BCUT2D eigenvalue weighted by Crippen LogP contribution is 2.24. The van der Waals surface area contributed by atoms with Crippen molar-refractivity contribution >= 4 is 35.0 Å². The summed E-state index contributed by atoms with van der Waals surface area (Å²) in [5.74, 6) is 0.567. The van der Waals surface area contributed by atoms with Gasteiger partial charge in [-0.25, -0.2) is 0 Å². The molecule has 2 aromatic rings. The molecule has 0 radical (unpaired) electrons. The highest BCUT2D eigenvalue weighted by molar-refractivity contribution is 6.42. The summed E-state index contributed by atoms with van der Waals surface area (Å²) < 4.78 is 5.77. The monoisotopic (exact) mass is 492 g/mol. The topological polar surface area (TPSA) is 58.6 Å². The van der Waals surface area contributed by atoms with Gasteiger partial charge >= 0.3 is 0 Å². The summed E-state index contributed by atoms with van der Waals surface area (Å²) in [6.07, 6.45) is 1.27. The van der Waals surface area contributed by atoms with Crippen LogP contribution in [0.4, 0.5) is 0 Å². The van der Waals surface area contributed by atoms with Crippen molar-refractivity contribution in [2.45, 2.75) is 72.0 Å². The van der Waals surface area contributed by atoms with E-state index in [1.165, 1.54) is 5.56 Å². The molecule has 0 aliphatic carbocycles. The van der Waals surface area contributed by atoms with Gasteiger partial charge in [-0.1, -0.05) is 69.1 Å². The first kappa shape index (κ1) is 27.0. The Kier molecular flexibility index (Phi) is 10.5. The first-order valence-corrected chi connectivity index (χ1v) is 12.2. The highest BCUT2D eigenvalue weighted by Gasteiger charge is 2.29. The molecule has 7 heteroatoms. The maximum absolute atomic E-state index is 13.3. The van der Waals surface area contributed by atoms with Crippen molar-refractivity contribution in [2.24, 2.45) is 0 Å². The average Bonchev–Trinajstić information content (AvgIpc) is 2.79. The van der Waals surface area contributed by atoms with E-state index in [4.69, 9.17) is 27.9 Å². The molecule has 0 bridgehead atoms. The van der Waals surface area contributed by atoms with Crippen LogP contribution in [0.25, 0.3) is 0 Å². The van der Waals surface area contributed by atoms with Crippen LogP contribution in [0.5, 0.6) is 5.75 Å². The molecular weight excluding hydrogens is 459 g/mol. The first-order chi connectivity index (χ1) is 15.7. The maximum Gasteiger partial charge on any atom is 0.261 e. The van der Waals surface area contributed by atoms with Crippen LogP contribution in [-0.4, -0.2) is 35.4 Å². The van der Waals surface area contributed by atoms with Crippen molar-refractivity contribution in [3.05, 3.63) is 63.6 Å². The highest BCUT2D eigenvalue weighted by atomic mass is 35.5. The van der Waals surface area contributed by atoms with Crippen molar-refractivity contribution in [1.29, 1.82) is 0 Å². The van der Waals surface area contributed by atoms with Gasteiger partial charge in [-0.15, -0.1) is 0 Å². The van der Waals surface area contributed by atoms with E-state index in [-0.39, 0.29) is 31.0 Å². The van der Waals surface area contributed by atoms with Gasteiger partial charge in [0, 0.05) is 12.6 Å². The second-order valence-corrected chi connectivity index (χ2v) is 9.34. The normalized spacial score (nSPS) is 12.8. The van der Waals surface area contributed by atoms with Crippen molar-refractivity contribution in [2.75, 3.05) is 6.61 Å². The Morgan fingerprint density at radius 1 is 0.970 bits per heavy atom. The minimum atomic E-state index is -0.632. The number of rotatable bonds is 11. The molecule has 2 aromatic carbocycles. The number of benzene rings is 2. The molecule has 0 aromatic heterocycles. The molecular formula is C26H34Cl2N2O3. The third-order valence-electron chi connectivity index (χ3n) is 5.63. The van der Waals surface area contributed by atoms with Gasteiger partial charge < -0.3 is 15.0 Å². The van der Waals surface area contributed by atoms with Crippen molar-refractivity contribution in [3.63, 3.8) is 0 Å². The molecule has 180 valence electrons. The van der Waals surface area contributed by atoms with E-state index in [2.05, 4.69) is 19.2 Å². The summed E-state index contributed by atoms with van der Waals surface area (Å²) in [5, 5.41) is 3.83. The van der Waals surface area contributed by atoms with Gasteiger partial charge in [-0.2, -0.15) is 0 Å². The van der Waals surface area contributed by atoms with Crippen LogP contribution >= 0.6 is 23.2 Å². The lowest BCUT2D eigenvalue weighted by Crippen LogP contribution is -2.51. The fraction of sp³-hybridized carbons (Fsp3) is 0.462. The molecule has 1 N–H and O–H groups in total. The van der Waals surface area contributed by atoms with Crippen LogP contribution in [0.3, 0.4) is 0 Å². The fourth-order valence-corrected chi connectivity index (χ4v) is 3.69. The number of amides is 2. The smallest absolute Gasteiger partial charge is 0.261 e. The number of nitrogens with zero attached hydrogens (tertiary/aromatic N) is 1. The summed E-state index contributed by atoms with van der Waals surface area (Å²) in [7, 11) is 0. The molecule has 2 amide bonds. The number of carbonyl (C=O) groups excluding carboxylic acids is 2. The third-order valence-corrected chi connectivity index (χ3v) is 6.37. The molecule has 0 spiro atoms. The number of ether oxygens (including phenoxy) is 1. The number of hydrogen-bond donors (Lipinski definition) is 1. The molecule has 0 saturated carbocycles. The second-order valence-electron chi connectivity index (χ2n) is 8.52. The van der Waals surface area contributed by atoms with E-state index in [1.807, 2.05) is 45.0 Å². The van der Waals surface area contributed by atoms with E-state index in [9.17, 15) is 9.59 Å². The number of carbonyl (C=O) groups is 2. The second kappa shape index (κ2) is 12.9. The van der Waals surface area contributed by atoms with Crippen LogP contribution in [0.2, 0.25) is 10.0 Å². The van der Waals surface area contributed by atoms with E-state index >= 15 is 0 Å². The summed E-state index contributed by atoms with van der Waals surface area (Å²) >= 11 is 12.2. The summed E-state index contributed by atoms with van der Waals surface area (Å²) in [6, 6.07) is 12.3. The lowest BCUT2D eigenvalue weighted by molar-refractivity contribution is -0.143. The minimum absolute atomic E-state index is 0.0178. The Balaban J connectivity index is 2.22. The zero-order chi connectivity index (χ0) is 24.5. The summed E-state index contributed by atoms with van der Waals surface area (Å²) in [5.41, 5.74) is 1.98. The third kappa shape index (κ3) is 7.94. The van der Waals surface area contributed by atoms with Gasteiger partial charge in [-0.3, -0.25) is 9.59 Å². The fourth-order valence-electron chi connectivity index (χ4n) is 3.37. The van der Waals surface area contributed by atoms with Gasteiger partial charge in [0.05, 0.1) is 10.0 Å². The number of halogens is 2. The van der Waals surface area contributed by atoms with Gasteiger partial charge in [0.25, 0.3) is 5.91 Å². The van der Waals surface area contributed by atoms with Crippen LogP contribution in [0, 0.1) is 0 Å². The first-order valence-electron chi connectivity index (χ1n) is 11.4. The molecule has 0 unspecified atom stereocenters. The summed E-state index contributed by atoms with van der Waals surface area (Å²) in [6.45, 7) is 10.1. The Morgan fingerprint density at radius 3 is 2.18 bits per heavy atom. The number of hydrogen-bond acceptors (Lipinski definition) is 3. The summed E-state index contributed by atoms with van der Waals surface area (Å²) in [4.78, 5) is 27.8. The van der Waals surface area contributed by atoms with E-state index in [0.29, 0.717) is 28.1 Å². The predicted molar refractivity (Wildman–Crippen MR) is 135 cm³/mol. The number of nitrogens with one attached hydrogen (secondary N) is 1. The molecule has 0 fully saturated rings. The van der Waals surface area contributed by atoms with Gasteiger partial charge in [-0.05, 0) is 61.1 Å². The van der Waals surface area contributed by atoms with Crippen molar-refractivity contribution in [1.82, 2.24) is 10.2 Å². The van der Waals surface area contributed by atoms with E-state index in [1.54, 1.807) is 23.1 Å². The molecule has 0 aliphatic rings. The van der Waals surface area contributed by atoms with Crippen molar-refractivity contribution in [3.8, 4) is 5.75 Å². The maximum atomic E-state index is 13.3. The van der Waals surface area contributed by atoms with Gasteiger partial charge in [0.15, 0.2) is 6.61 Å². The molecule has 0 heterocycles. The van der Waals surface area contributed by atoms with Crippen LogP contribution < -0.4 is 10.1 Å². The van der Waals surface area contributed by atoms with E-state index in [0.717, 1.165) is 12.0 Å². The molecule has 33 heavy (non-hydrogen) atoms. The molecule has 0 aliphatic heterocycles. The quantitative estimate of drug-likeness (QED) is 0.405. The minimum Gasteiger partial charge on any atom is -0.484 e. The largest absolute Gasteiger partial charge is 0.484 e. The molecule has 2 rings (SSSR count). The Hall–Kier alpha value is -2.24. The van der Waals surface area contributed by atoms with Crippen LogP contribution in [0.1, 0.15) is 64.5 Å². The SMILES string of the molecule is CC[C@H](C)NC(=O)[C@H](CC)N(Cc1ccc(Cl)c(Cl)c1)C(=O)COc1ccc(C(C)C)cc1. The Labute approximate surface area is 207 Å². The van der Waals surface area contributed by atoms with Gasteiger partial charge in [0.1, 0.15) is 11.8 Å². The zero-order valence-corrected chi connectivity index (χ0v) is 21.5. The lowest BCUT2D eigenvalue weighted by Gasteiger charge is -2.31. The average molecular weight is 493 g/mol. The van der Waals surface area contributed by atoms with Crippen LogP contribution in [0.15, 0.2) is 42.5 Å². The molecule has 0 saturated heterocycles. The predicted octanol–water partition coefficient (Wildman–Crippen LogP) is 6.22. The standard InChI is InChI=1S/C26H34Cl2N2O3/c1-6-18(5)29-26(32)24(7-2)30(15-19-8-13-22(27)23(28)14-19)25(31)16-33-21-11-9-20(10-12-21)17(3)4/h8-14,17-18,24H,6-7,15-16H2,1-5H3,(H,29,32)/t18-,24-/m0/s1. The Bertz CT molecular complexity index is 932. The van der Waals surface area contributed by atoms with Crippen LogP contribution in [-0.2, 0) is 16.1 Å². The van der Waals surface area contributed by atoms with Crippen molar-refractivity contribution < 1.29 is 14.3 Å². The van der Waals surface area contributed by atoms with Gasteiger partial charge in [0.2, 0.25) is 5.91 Å². The molecule has 2 atom stereocenters. The Morgan fingerprint density at radius 2 is 1.64 bits per heavy atom. The van der Waals surface area contributed by atoms with E-state index < -0.39 is 6.04 Å². The molecule has 5 nitrogen and oxygen atoms in total.